The van der Waals surface area contributed by atoms with Gasteiger partial charge in [-0.3, -0.25) is 10.1 Å². The van der Waals surface area contributed by atoms with Gasteiger partial charge in [0.25, 0.3) is 5.69 Å². The molecule has 15 heavy (non-hydrogen) atoms. The molecule has 0 heterocycles. The third-order valence-electron chi connectivity index (χ3n) is 1.77. The van der Waals surface area contributed by atoms with Gasteiger partial charge in [0.2, 0.25) is 0 Å². The van der Waals surface area contributed by atoms with E-state index in [4.69, 9.17) is 10.2 Å². The van der Waals surface area contributed by atoms with Crippen molar-refractivity contribution in [3.8, 4) is 5.75 Å². The Kier molecular flexibility index (Phi) is 3.46. The van der Waals surface area contributed by atoms with Gasteiger partial charge < -0.3 is 15.5 Å². The first-order chi connectivity index (χ1) is 7.00. The Labute approximate surface area is 86.3 Å². The summed E-state index contributed by atoms with van der Waals surface area (Å²) in [6.45, 7) is 1.78. The lowest BCUT2D eigenvalue weighted by molar-refractivity contribution is -0.384. The van der Waals surface area contributed by atoms with Gasteiger partial charge in [-0.1, -0.05) is 0 Å². The number of aromatic hydroxyl groups is 1. The number of anilines is 1. The fraction of sp³-hybridized carbons (Fsp3) is 0.333. The third kappa shape index (κ3) is 3.10. The summed E-state index contributed by atoms with van der Waals surface area (Å²) in [6.07, 6.45) is -0.599. The standard InChI is InChI=1S/C9H12N2O4/c1-6(12)5-10-8-3-2-7(13)4-9(8)11(14)15/h2-4,6,10,12-13H,5H2,1H3/t6-/m1/s1. The second kappa shape index (κ2) is 4.61. The van der Waals surface area contributed by atoms with Crippen LogP contribution in [0.2, 0.25) is 0 Å². The Bertz CT molecular complexity index is 365. The molecule has 0 aromatic heterocycles. The number of hydrogen-bond donors (Lipinski definition) is 3. The van der Waals surface area contributed by atoms with Crippen molar-refractivity contribution >= 4 is 11.4 Å². The van der Waals surface area contributed by atoms with Crippen molar-refractivity contribution in [3.63, 3.8) is 0 Å². The van der Waals surface area contributed by atoms with Crippen LogP contribution in [0.5, 0.6) is 5.75 Å². The molecule has 0 amide bonds. The molecule has 0 radical (unpaired) electrons. The first kappa shape index (κ1) is 11.3. The maximum Gasteiger partial charge on any atom is 0.296 e. The molecule has 1 atom stereocenters. The zero-order valence-corrected chi connectivity index (χ0v) is 8.17. The van der Waals surface area contributed by atoms with E-state index in [9.17, 15) is 10.1 Å². The second-order valence-corrected chi connectivity index (χ2v) is 3.19. The second-order valence-electron chi connectivity index (χ2n) is 3.19. The fourth-order valence-electron chi connectivity index (χ4n) is 1.08. The number of nitro benzene ring substituents is 1. The number of phenols is 1. The molecule has 0 aliphatic heterocycles. The summed E-state index contributed by atoms with van der Waals surface area (Å²) in [6, 6.07) is 3.80. The van der Waals surface area contributed by atoms with E-state index in [1.54, 1.807) is 6.92 Å². The van der Waals surface area contributed by atoms with Gasteiger partial charge >= 0.3 is 0 Å². The van der Waals surface area contributed by atoms with Crippen LogP contribution in [0, 0.1) is 10.1 Å². The highest BCUT2D eigenvalue weighted by Gasteiger charge is 2.14. The number of nitro groups is 1. The molecule has 0 saturated heterocycles. The van der Waals surface area contributed by atoms with E-state index < -0.39 is 11.0 Å². The molecule has 0 aliphatic rings. The summed E-state index contributed by atoms with van der Waals surface area (Å²) in [5.41, 5.74) is 0.0642. The van der Waals surface area contributed by atoms with E-state index in [2.05, 4.69) is 5.32 Å². The minimum absolute atomic E-state index is 0.163. The van der Waals surface area contributed by atoms with E-state index in [1.807, 2.05) is 0 Å². The zero-order valence-electron chi connectivity index (χ0n) is 8.17. The minimum atomic E-state index is -0.599. The third-order valence-corrected chi connectivity index (χ3v) is 1.77. The summed E-state index contributed by atoms with van der Waals surface area (Å²) in [5.74, 6) is -0.163. The summed E-state index contributed by atoms with van der Waals surface area (Å²) >= 11 is 0. The van der Waals surface area contributed by atoms with Crippen molar-refractivity contribution < 1.29 is 15.1 Å². The molecule has 0 spiro atoms. The predicted octanol–water partition coefficient (Wildman–Crippen LogP) is 1.09. The lowest BCUT2D eigenvalue weighted by atomic mass is 10.2. The highest BCUT2D eigenvalue weighted by Crippen LogP contribution is 2.28. The fourth-order valence-corrected chi connectivity index (χ4v) is 1.08. The Morgan fingerprint density at radius 3 is 2.80 bits per heavy atom. The van der Waals surface area contributed by atoms with E-state index in [0.29, 0.717) is 0 Å². The number of benzene rings is 1. The SMILES string of the molecule is C[C@@H](O)CNc1ccc(O)cc1[N+](=O)[O-]. The molecule has 1 rings (SSSR count). The average molecular weight is 212 g/mol. The van der Waals surface area contributed by atoms with Crippen LogP contribution in [0.4, 0.5) is 11.4 Å². The van der Waals surface area contributed by atoms with Gasteiger partial charge in [0.15, 0.2) is 0 Å². The molecule has 0 unspecified atom stereocenters. The van der Waals surface area contributed by atoms with Crippen LogP contribution < -0.4 is 5.32 Å². The molecular weight excluding hydrogens is 200 g/mol. The lowest BCUT2D eigenvalue weighted by Crippen LogP contribution is -2.15. The van der Waals surface area contributed by atoms with Crippen LogP contribution >= 0.6 is 0 Å². The average Bonchev–Trinajstić information content (AvgIpc) is 2.15. The molecule has 0 saturated carbocycles. The van der Waals surface area contributed by atoms with Gasteiger partial charge in [0.05, 0.1) is 17.1 Å². The highest BCUT2D eigenvalue weighted by molar-refractivity contribution is 5.63. The molecular formula is C9H12N2O4. The van der Waals surface area contributed by atoms with Crippen LogP contribution in [0.25, 0.3) is 0 Å². The Balaban J connectivity index is 2.91. The molecule has 3 N–H and O–H groups in total. The Morgan fingerprint density at radius 1 is 1.60 bits per heavy atom. The van der Waals surface area contributed by atoms with Crippen molar-refractivity contribution in [1.29, 1.82) is 0 Å². The molecule has 0 fully saturated rings. The number of rotatable bonds is 4. The van der Waals surface area contributed by atoms with Gasteiger partial charge in [-0.05, 0) is 19.1 Å². The highest BCUT2D eigenvalue weighted by atomic mass is 16.6. The molecule has 82 valence electrons. The molecule has 0 aliphatic carbocycles. The molecule has 1 aromatic carbocycles. The number of nitrogens with one attached hydrogen (secondary N) is 1. The van der Waals surface area contributed by atoms with Crippen LogP contribution in [0.1, 0.15) is 6.92 Å². The molecule has 6 heteroatoms. The van der Waals surface area contributed by atoms with Crippen LogP contribution in [0.15, 0.2) is 18.2 Å². The van der Waals surface area contributed by atoms with E-state index in [0.717, 1.165) is 6.07 Å². The van der Waals surface area contributed by atoms with Crippen molar-refractivity contribution in [2.24, 2.45) is 0 Å². The van der Waals surface area contributed by atoms with Gasteiger partial charge in [-0.2, -0.15) is 0 Å². The minimum Gasteiger partial charge on any atom is -0.508 e. The molecule has 0 bridgehead atoms. The van der Waals surface area contributed by atoms with Crippen molar-refractivity contribution in [1.82, 2.24) is 0 Å². The largest absolute Gasteiger partial charge is 0.508 e. The summed E-state index contributed by atoms with van der Waals surface area (Å²) in [5, 5.41) is 31.4. The number of phenolic OH excluding ortho intramolecular Hbond substituents is 1. The van der Waals surface area contributed by atoms with Crippen LogP contribution in [-0.4, -0.2) is 27.8 Å². The molecule has 1 aromatic rings. The zero-order chi connectivity index (χ0) is 11.4. The monoisotopic (exact) mass is 212 g/mol. The maximum atomic E-state index is 10.6. The van der Waals surface area contributed by atoms with Gasteiger partial charge in [-0.15, -0.1) is 0 Å². The lowest BCUT2D eigenvalue weighted by Gasteiger charge is -2.08. The van der Waals surface area contributed by atoms with E-state index in [-0.39, 0.29) is 23.7 Å². The van der Waals surface area contributed by atoms with Crippen molar-refractivity contribution in [3.05, 3.63) is 28.3 Å². The Morgan fingerprint density at radius 2 is 2.27 bits per heavy atom. The van der Waals surface area contributed by atoms with Crippen molar-refractivity contribution in [2.75, 3.05) is 11.9 Å². The van der Waals surface area contributed by atoms with Gasteiger partial charge in [-0.25, -0.2) is 0 Å². The van der Waals surface area contributed by atoms with Gasteiger partial charge in [0, 0.05) is 6.54 Å². The van der Waals surface area contributed by atoms with E-state index in [1.165, 1.54) is 12.1 Å². The summed E-state index contributed by atoms with van der Waals surface area (Å²) in [7, 11) is 0. The van der Waals surface area contributed by atoms with E-state index >= 15 is 0 Å². The quantitative estimate of drug-likeness (QED) is 0.394. The predicted molar refractivity (Wildman–Crippen MR) is 54.9 cm³/mol. The first-order valence-electron chi connectivity index (χ1n) is 4.40. The number of hydrogen-bond acceptors (Lipinski definition) is 5. The molecule has 6 nitrogen and oxygen atoms in total. The first-order valence-corrected chi connectivity index (χ1v) is 4.40. The Hall–Kier alpha value is -1.82. The number of aliphatic hydroxyl groups excluding tert-OH is 1. The topological polar surface area (TPSA) is 95.6 Å². The van der Waals surface area contributed by atoms with Crippen LogP contribution in [-0.2, 0) is 0 Å². The summed E-state index contributed by atoms with van der Waals surface area (Å²) in [4.78, 5) is 10.0. The van der Waals surface area contributed by atoms with Gasteiger partial charge in [0.1, 0.15) is 11.4 Å². The normalized spacial score (nSPS) is 12.1. The maximum absolute atomic E-state index is 10.6. The smallest absolute Gasteiger partial charge is 0.296 e. The number of aliphatic hydroxyl groups is 1. The van der Waals surface area contributed by atoms with Crippen LogP contribution in [0.3, 0.4) is 0 Å². The van der Waals surface area contributed by atoms with Crippen molar-refractivity contribution in [2.45, 2.75) is 13.0 Å². The summed E-state index contributed by atoms with van der Waals surface area (Å²) < 4.78 is 0. The number of nitrogens with zero attached hydrogens (tertiary/aromatic N) is 1.